The first kappa shape index (κ1) is 15.5. The van der Waals surface area contributed by atoms with Crippen molar-refractivity contribution < 1.29 is 9.59 Å². The van der Waals surface area contributed by atoms with Gasteiger partial charge in [0.25, 0.3) is 5.91 Å². The van der Waals surface area contributed by atoms with Gasteiger partial charge in [-0.2, -0.15) is 0 Å². The molecule has 0 aromatic heterocycles. The zero-order chi connectivity index (χ0) is 15.4. The first-order valence-corrected chi connectivity index (χ1v) is 7.42. The number of carbonyl (C=O) groups is 2. The summed E-state index contributed by atoms with van der Waals surface area (Å²) in [5.74, 6) is -0.440. The lowest BCUT2D eigenvalue weighted by Gasteiger charge is -2.30. The summed E-state index contributed by atoms with van der Waals surface area (Å²) < 4.78 is 0. The SMILES string of the molecule is CC[C@@H]1CN(C)CCCN1C(=O)c1ccc(C(N)=O)cc1. The molecule has 2 rings (SSSR count). The fourth-order valence-electron chi connectivity index (χ4n) is 2.80. The lowest BCUT2D eigenvalue weighted by atomic mass is 10.1. The van der Waals surface area contributed by atoms with Gasteiger partial charge in [-0.15, -0.1) is 0 Å². The number of benzene rings is 1. The van der Waals surface area contributed by atoms with Crippen LogP contribution in [0, 0.1) is 0 Å². The Labute approximate surface area is 125 Å². The number of nitrogens with zero attached hydrogens (tertiary/aromatic N) is 2. The summed E-state index contributed by atoms with van der Waals surface area (Å²) in [5.41, 5.74) is 6.26. The molecule has 1 aromatic rings. The molecule has 1 aromatic carbocycles. The maximum Gasteiger partial charge on any atom is 0.254 e. The molecule has 114 valence electrons. The van der Waals surface area contributed by atoms with Gasteiger partial charge in [0.05, 0.1) is 0 Å². The van der Waals surface area contributed by atoms with Crippen molar-refractivity contribution in [3.63, 3.8) is 0 Å². The van der Waals surface area contributed by atoms with Gasteiger partial charge in [0.1, 0.15) is 0 Å². The van der Waals surface area contributed by atoms with Crippen LogP contribution in [0.15, 0.2) is 24.3 Å². The first-order valence-electron chi connectivity index (χ1n) is 7.42. The van der Waals surface area contributed by atoms with Gasteiger partial charge in [-0.1, -0.05) is 6.92 Å². The number of hydrogen-bond donors (Lipinski definition) is 1. The van der Waals surface area contributed by atoms with Gasteiger partial charge in [0.15, 0.2) is 0 Å². The summed E-state index contributed by atoms with van der Waals surface area (Å²) in [6, 6.07) is 6.83. The topological polar surface area (TPSA) is 66.6 Å². The maximum absolute atomic E-state index is 12.7. The summed E-state index contributed by atoms with van der Waals surface area (Å²) in [5, 5.41) is 0. The number of hydrogen-bond acceptors (Lipinski definition) is 3. The lowest BCUT2D eigenvalue weighted by molar-refractivity contribution is 0.0675. The molecule has 1 aliphatic rings. The van der Waals surface area contributed by atoms with Crippen LogP contribution in [0.5, 0.6) is 0 Å². The second kappa shape index (κ2) is 6.72. The second-order valence-corrected chi connectivity index (χ2v) is 5.62. The summed E-state index contributed by atoms with van der Waals surface area (Å²) in [6.45, 7) is 4.81. The smallest absolute Gasteiger partial charge is 0.254 e. The Bertz CT molecular complexity index is 513. The van der Waals surface area contributed by atoms with Crippen LogP contribution >= 0.6 is 0 Å². The number of primary amides is 1. The van der Waals surface area contributed by atoms with Crippen molar-refractivity contribution in [2.75, 3.05) is 26.7 Å². The Morgan fingerprint density at radius 2 is 1.81 bits per heavy atom. The van der Waals surface area contributed by atoms with Crippen molar-refractivity contribution in [3.8, 4) is 0 Å². The summed E-state index contributed by atoms with van der Waals surface area (Å²) >= 11 is 0. The molecular weight excluding hydrogens is 266 g/mol. The van der Waals surface area contributed by atoms with Crippen molar-refractivity contribution >= 4 is 11.8 Å². The van der Waals surface area contributed by atoms with E-state index in [4.69, 9.17) is 5.73 Å². The molecule has 0 saturated carbocycles. The second-order valence-electron chi connectivity index (χ2n) is 5.62. The number of carbonyl (C=O) groups excluding carboxylic acids is 2. The highest BCUT2D eigenvalue weighted by Gasteiger charge is 2.26. The zero-order valence-electron chi connectivity index (χ0n) is 12.7. The zero-order valence-corrected chi connectivity index (χ0v) is 12.7. The predicted molar refractivity (Wildman–Crippen MR) is 82.2 cm³/mol. The van der Waals surface area contributed by atoms with Crippen LogP contribution < -0.4 is 5.73 Å². The number of rotatable bonds is 3. The quantitative estimate of drug-likeness (QED) is 0.913. The molecule has 2 N–H and O–H groups in total. The summed E-state index contributed by atoms with van der Waals surface area (Å²) in [6.07, 6.45) is 1.92. The van der Waals surface area contributed by atoms with E-state index < -0.39 is 5.91 Å². The van der Waals surface area contributed by atoms with Gasteiger partial charge in [-0.25, -0.2) is 0 Å². The molecule has 1 aliphatic heterocycles. The van der Waals surface area contributed by atoms with Gasteiger partial charge in [-0.3, -0.25) is 9.59 Å². The van der Waals surface area contributed by atoms with Crippen LogP contribution in [0.4, 0.5) is 0 Å². The van der Waals surface area contributed by atoms with Crippen LogP contribution in [0.2, 0.25) is 0 Å². The molecule has 0 unspecified atom stereocenters. The molecule has 0 bridgehead atoms. The fraction of sp³-hybridized carbons (Fsp3) is 0.500. The molecular formula is C16H23N3O2. The van der Waals surface area contributed by atoms with E-state index in [0.717, 1.165) is 32.5 Å². The third-order valence-corrected chi connectivity index (χ3v) is 4.05. The molecule has 0 spiro atoms. The van der Waals surface area contributed by atoms with Crippen molar-refractivity contribution in [2.24, 2.45) is 5.73 Å². The first-order chi connectivity index (χ1) is 10.0. The van der Waals surface area contributed by atoms with E-state index in [1.807, 2.05) is 4.90 Å². The largest absolute Gasteiger partial charge is 0.366 e. The number of nitrogens with two attached hydrogens (primary N) is 1. The van der Waals surface area contributed by atoms with E-state index >= 15 is 0 Å². The Morgan fingerprint density at radius 1 is 1.19 bits per heavy atom. The molecule has 1 heterocycles. The van der Waals surface area contributed by atoms with Crippen LogP contribution in [0.3, 0.4) is 0 Å². The third-order valence-electron chi connectivity index (χ3n) is 4.05. The van der Waals surface area contributed by atoms with E-state index in [9.17, 15) is 9.59 Å². The van der Waals surface area contributed by atoms with E-state index in [0.29, 0.717) is 11.1 Å². The van der Waals surface area contributed by atoms with Crippen molar-refractivity contribution in [3.05, 3.63) is 35.4 Å². The minimum absolute atomic E-state index is 0.0353. The average Bonchev–Trinajstić information content (AvgIpc) is 2.67. The van der Waals surface area contributed by atoms with E-state index in [1.54, 1.807) is 24.3 Å². The van der Waals surface area contributed by atoms with Gasteiger partial charge in [0.2, 0.25) is 5.91 Å². The van der Waals surface area contributed by atoms with Gasteiger partial charge in [0, 0.05) is 30.3 Å². The lowest BCUT2D eigenvalue weighted by Crippen LogP contribution is -2.43. The summed E-state index contributed by atoms with van der Waals surface area (Å²) in [7, 11) is 2.10. The van der Waals surface area contributed by atoms with Crippen LogP contribution in [0.25, 0.3) is 0 Å². The Morgan fingerprint density at radius 3 is 2.38 bits per heavy atom. The molecule has 21 heavy (non-hydrogen) atoms. The molecule has 5 heteroatoms. The number of amides is 2. The van der Waals surface area contributed by atoms with Crippen molar-refractivity contribution in [1.82, 2.24) is 9.80 Å². The number of likely N-dealkylation sites (N-methyl/N-ethyl adjacent to an activating group) is 1. The molecule has 0 radical (unpaired) electrons. The maximum atomic E-state index is 12.7. The van der Waals surface area contributed by atoms with Gasteiger partial charge < -0.3 is 15.5 Å². The molecule has 1 fully saturated rings. The Hall–Kier alpha value is -1.88. The normalized spacial score (nSPS) is 20.1. The highest BCUT2D eigenvalue weighted by Crippen LogP contribution is 2.16. The fourth-order valence-corrected chi connectivity index (χ4v) is 2.80. The highest BCUT2D eigenvalue weighted by molar-refractivity contribution is 5.97. The van der Waals surface area contributed by atoms with Crippen LogP contribution in [-0.2, 0) is 0 Å². The van der Waals surface area contributed by atoms with E-state index in [2.05, 4.69) is 18.9 Å². The van der Waals surface area contributed by atoms with Crippen LogP contribution in [-0.4, -0.2) is 54.3 Å². The molecule has 1 saturated heterocycles. The van der Waals surface area contributed by atoms with Crippen molar-refractivity contribution in [2.45, 2.75) is 25.8 Å². The Balaban J connectivity index is 2.18. The molecule has 2 amide bonds. The molecule has 1 atom stereocenters. The Kier molecular flexibility index (Phi) is 4.96. The van der Waals surface area contributed by atoms with Gasteiger partial charge in [-0.05, 0) is 50.7 Å². The monoisotopic (exact) mass is 289 g/mol. The standard InChI is InChI=1S/C16H23N3O2/c1-3-14-11-18(2)9-4-10-19(14)16(21)13-7-5-12(6-8-13)15(17)20/h5-8,14H,3-4,9-11H2,1-2H3,(H2,17,20)/t14-/m1/s1. The van der Waals surface area contributed by atoms with E-state index in [-0.39, 0.29) is 11.9 Å². The average molecular weight is 289 g/mol. The molecule has 5 nitrogen and oxygen atoms in total. The minimum Gasteiger partial charge on any atom is -0.366 e. The van der Waals surface area contributed by atoms with Crippen molar-refractivity contribution in [1.29, 1.82) is 0 Å². The minimum atomic E-state index is -0.475. The van der Waals surface area contributed by atoms with Crippen LogP contribution in [0.1, 0.15) is 40.5 Å². The summed E-state index contributed by atoms with van der Waals surface area (Å²) in [4.78, 5) is 28.0. The van der Waals surface area contributed by atoms with Gasteiger partial charge >= 0.3 is 0 Å². The highest BCUT2D eigenvalue weighted by atomic mass is 16.2. The molecule has 0 aliphatic carbocycles. The predicted octanol–water partition coefficient (Wildman–Crippen LogP) is 1.34. The third kappa shape index (κ3) is 3.61. The van der Waals surface area contributed by atoms with E-state index in [1.165, 1.54) is 0 Å².